The van der Waals surface area contributed by atoms with E-state index in [9.17, 15) is 23.3 Å². The number of nitrogens with one attached hydrogen (secondary N) is 1. The fourth-order valence-corrected chi connectivity index (χ4v) is 4.59. The first-order valence-electron chi connectivity index (χ1n) is 8.81. The Morgan fingerprint density at radius 2 is 1.78 bits per heavy atom. The molecular weight excluding hydrogens is 655 g/mol. The summed E-state index contributed by atoms with van der Waals surface area (Å²) in [4.78, 5) is 14.0. The topological polar surface area (TPSA) is 89.7 Å². The maximum atomic E-state index is 12.6. The van der Waals surface area contributed by atoms with Gasteiger partial charge in [0.1, 0.15) is 18.2 Å². The van der Waals surface area contributed by atoms with E-state index < -0.39 is 16.7 Å². The lowest BCUT2D eigenvalue weighted by Gasteiger charge is -2.11. The van der Waals surface area contributed by atoms with Gasteiger partial charge in [0, 0.05) is 18.3 Å². The van der Waals surface area contributed by atoms with Gasteiger partial charge in [-0.3, -0.25) is 15.5 Å². The van der Waals surface area contributed by atoms with Crippen LogP contribution >= 0.6 is 45.2 Å². The zero-order valence-electron chi connectivity index (χ0n) is 15.9. The quantitative estimate of drug-likeness (QED) is 0.139. The van der Waals surface area contributed by atoms with Gasteiger partial charge in [-0.05, 0) is 92.7 Å². The van der Waals surface area contributed by atoms with Crippen molar-refractivity contribution in [2.75, 3.05) is 5.43 Å². The van der Waals surface area contributed by atoms with Gasteiger partial charge in [-0.15, -0.1) is 0 Å². The van der Waals surface area contributed by atoms with E-state index in [1.165, 1.54) is 24.4 Å². The Bertz CT molecular complexity index is 1120. The van der Waals surface area contributed by atoms with Crippen molar-refractivity contribution in [3.8, 4) is 5.75 Å². The third-order valence-corrected chi connectivity index (χ3v) is 5.64. The number of ether oxygens (including phenoxy) is 1. The molecule has 0 aliphatic rings. The molecule has 0 radical (unpaired) electrons. The van der Waals surface area contributed by atoms with Crippen molar-refractivity contribution in [3.63, 3.8) is 0 Å². The summed E-state index contributed by atoms with van der Waals surface area (Å²) in [6.45, 7) is 0.249. The molecule has 0 amide bonds. The minimum absolute atomic E-state index is 0.0154. The van der Waals surface area contributed by atoms with Gasteiger partial charge in [0.15, 0.2) is 0 Å². The fourth-order valence-electron chi connectivity index (χ4n) is 2.46. The molecule has 166 valence electrons. The predicted molar refractivity (Wildman–Crippen MR) is 130 cm³/mol. The normalized spacial score (nSPS) is 11.5. The number of non-ortho nitro benzene ring substituents is 1. The van der Waals surface area contributed by atoms with Crippen LogP contribution in [0.3, 0.4) is 0 Å². The van der Waals surface area contributed by atoms with Crippen molar-refractivity contribution in [2.45, 2.75) is 12.8 Å². The van der Waals surface area contributed by atoms with Gasteiger partial charge in [0.25, 0.3) is 5.69 Å². The molecule has 0 unspecified atom stereocenters. The molecule has 3 rings (SSSR count). The van der Waals surface area contributed by atoms with Crippen molar-refractivity contribution in [2.24, 2.45) is 5.10 Å². The molecule has 0 saturated heterocycles. The standard InChI is InChI=1S/C20H13F3I2N4O3/c21-20(22,23)14-3-6-18(26-10-14)28-27-9-13-7-16(24)19(17(25)8-13)32-11-12-1-4-15(5-2-12)29(30)31/h1-10H,11H2,(H,26,28)/b27-9-. The highest BCUT2D eigenvalue weighted by atomic mass is 127. The molecule has 0 spiro atoms. The molecule has 0 saturated carbocycles. The number of hydrazone groups is 1. The third kappa shape index (κ3) is 6.51. The predicted octanol–water partition coefficient (Wildman–Crippen LogP) is 6.24. The Labute approximate surface area is 207 Å². The van der Waals surface area contributed by atoms with Crippen LogP contribution < -0.4 is 10.2 Å². The molecule has 0 fully saturated rings. The SMILES string of the molecule is O=[N+]([O-])c1ccc(COc2c(I)cc(/C=N\Nc3ccc(C(F)(F)F)cn3)cc2I)cc1. The summed E-state index contributed by atoms with van der Waals surface area (Å²) in [5.41, 5.74) is 3.32. The summed E-state index contributed by atoms with van der Waals surface area (Å²) in [7, 11) is 0. The van der Waals surface area contributed by atoms with Gasteiger partial charge < -0.3 is 4.74 Å². The smallest absolute Gasteiger partial charge is 0.417 e. The second-order valence-corrected chi connectivity index (χ2v) is 8.65. The number of pyridine rings is 1. The summed E-state index contributed by atoms with van der Waals surface area (Å²) in [5.74, 6) is 0.848. The van der Waals surface area contributed by atoms with Gasteiger partial charge in [-0.25, -0.2) is 4.98 Å². The van der Waals surface area contributed by atoms with Gasteiger partial charge in [0.2, 0.25) is 0 Å². The zero-order valence-corrected chi connectivity index (χ0v) is 20.3. The molecule has 1 heterocycles. The Kier molecular flexibility index (Phi) is 7.86. The zero-order chi connectivity index (χ0) is 23.3. The summed E-state index contributed by atoms with van der Waals surface area (Å²) in [5, 5.41) is 14.7. The molecule has 0 aliphatic carbocycles. The lowest BCUT2D eigenvalue weighted by Crippen LogP contribution is -2.05. The van der Waals surface area contributed by atoms with Crippen LogP contribution in [0.1, 0.15) is 16.7 Å². The molecule has 7 nitrogen and oxygen atoms in total. The Morgan fingerprint density at radius 3 is 2.31 bits per heavy atom. The average molecular weight is 668 g/mol. The summed E-state index contributed by atoms with van der Waals surface area (Å²) >= 11 is 4.25. The van der Waals surface area contributed by atoms with E-state index in [1.54, 1.807) is 12.1 Å². The lowest BCUT2D eigenvalue weighted by molar-refractivity contribution is -0.384. The Morgan fingerprint density at radius 1 is 1.12 bits per heavy atom. The molecule has 3 aromatic rings. The monoisotopic (exact) mass is 668 g/mol. The number of nitrogens with zero attached hydrogens (tertiary/aromatic N) is 3. The maximum Gasteiger partial charge on any atom is 0.417 e. The van der Waals surface area contributed by atoms with Crippen molar-refractivity contribution >= 4 is 62.9 Å². The first-order chi connectivity index (χ1) is 15.1. The minimum atomic E-state index is -4.44. The number of rotatable bonds is 7. The highest BCUT2D eigenvalue weighted by molar-refractivity contribution is 14.1. The number of alkyl halides is 3. The number of nitro groups is 1. The van der Waals surface area contributed by atoms with Gasteiger partial charge in [-0.2, -0.15) is 18.3 Å². The second-order valence-electron chi connectivity index (χ2n) is 6.33. The van der Waals surface area contributed by atoms with Gasteiger partial charge in [-0.1, -0.05) is 0 Å². The number of hydrogen-bond acceptors (Lipinski definition) is 6. The van der Waals surface area contributed by atoms with Crippen LogP contribution in [0, 0.1) is 17.3 Å². The van der Waals surface area contributed by atoms with Crippen LogP contribution in [0.25, 0.3) is 0 Å². The van der Waals surface area contributed by atoms with Gasteiger partial charge >= 0.3 is 6.18 Å². The summed E-state index contributed by atoms with van der Waals surface area (Å²) in [6.07, 6.45) is -2.19. The van der Waals surface area contributed by atoms with Crippen LogP contribution in [0.15, 0.2) is 59.8 Å². The minimum Gasteiger partial charge on any atom is -0.487 e. The molecule has 0 bridgehead atoms. The van der Waals surface area contributed by atoms with Crippen LogP contribution in [-0.2, 0) is 12.8 Å². The number of aromatic nitrogens is 1. The maximum absolute atomic E-state index is 12.6. The number of benzene rings is 2. The van der Waals surface area contributed by atoms with E-state index >= 15 is 0 Å². The van der Waals surface area contributed by atoms with Gasteiger partial charge in [0.05, 0.1) is 23.8 Å². The first kappa shape index (κ1) is 24.2. The summed E-state index contributed by atoms with van der Waals surface area (Å²) in [6, 6.07) is 11.9. The number of nitro benzene ring substituents is 1. The van der Waals surface area contributed by atoms with Crippen LogP contribution in [-0.4, -0.2) is 16.1 Å². The van der Waals surface area contributed by atoms with E-state index in [1.807, 2.05) is 12.1 Å². The average Bonchev–Trinajstić information content (AvgIpc) is 2.73. The van der Waals surface area contributed by atoms with E-state index in [4.69, 9.17) is 4.74 Å². The molecule has 2 aromatic carbocycles. The van der Waals surface area contributed by atoms with Crippen LogP contribution in [0.5, 0.6) is 5.75 Å². The molecule has 0 atom stereocenters. The fraction of sp³-hybridized carbons (Fsp3) is 0.100. The highest BCUT2D eigenvalue weighted by Gasteiger charge is 2.30. The lowest BCUT2D eigenvalue weighted by atomic mass is 10.2. The van der Waals surface area contributed by atoms with E-state index in [2.05, 4.69) is 60.7 Å². The molecule has 0 aliphatic heterocycles. The number of halogens is 5. The molecule has 1 aromatic heterocycles. The second kappa shape index (κ2) is 10.4. The van der Waals surface area contributed by atoms with Crippen molar-refractivity contribution in [3.05, 3.63) is 88.7 Å². The van der Waals surface area contributed by atoms with Crippen molar-refractivity contribution in [1.29, 1.82) is 0 Å². The molecule has 1 N–H and O–H groups in total. The molecule has 32 heavy (non-hydrogen) atoms. The number of hydrogen-bond donors (Lipinski definition) is 1. The van der Waals surface area contributed by atoms with Crippen molar-refractivity contribution in [1.82, 2.24) is 4.98 Å². The van der Waals surface area contributed by atoms with E-state index in [0.717, 1.165) is 30.5 Å². The molecule has 12 heteroatoms. The van der Waals surface area contributed by atoms with Crippen molar-refractivity contribution < 1.29 is 22.8 Å². The molecular formula is C20H13F3I2N4O3. The van der Waals surface area contributed by atoms with E-state index in [0.29, 0.717) is 5.75 Å². The van der Waals surface area contributed by atoms with Crippen LogP contribution in [0.4, 0.5) is 24.7 Å². The third-order valence-electron chi connectivity index (χ3n) is 4.03. The van der Waals surface area contributed by atoms with E-state index in [-0.39, 0.29) is 18.1 Å². The van der Waals surface area contributed by atoms with Crippen LogP contribution in [0.2, 0.25) is 0 Å². The largest absolute Gasteiger partial charge is 0.487 e. The Balaban J connectivity index is 1.62. The Hall–Kier alpha value is -2.49. The first-order valence-corrected chi connectivity index (χ1v) is 11.0. The highest BCUT2D eigenvalue weighted by Crippen LogP contribution is 2.30. The summed E-state index contributed by atoms with van der Waals surface area (Å²) < 4.78 is 45.2. The number of anilines is 1.